The maximum atomic E-state index is 12.5. The summed E-state index contributed by atoms with van der Waals surface area (Å²) >= 11 is 1.30. The molecule has 0 unspecified atom stereocenters. The van der Waals surface area contributed by atoms with Crippen LogP contribution in [0.5, 0.6) is 0 Å². The number of fused-ring (bicyclic) bond motifs is 1. The van der Waals surface area contributed by atoms with Gasteiger partial charge in [0.15, 0.2) is 0 Å². The van der Waals surface area contributed by atoms with Crippen molar-refractivity contribution in [1.29, 1.82) is 0 Å². The minimum absolute atomic E-state index is 0.0931. The molecule has 1 aromatic carbocycles. The molecule has 1 fully saturated rings. The smallest absolute Gasteiger partial charge is 0.261 e. The second-order valence-corrected chi connectivity index (χ2v) is 8.32. The zero-order chi connectivity index (χ0) is 20.5. The highest BCUT2D eigenvalue weighted by Gasteiger charge is 2.25. The van der Waals surface area contributed by atoms with Crippen molar-refractivity contribution < 1.29 is 9.59 Å². The molecule has 2 heterocycles. The zero-order valence-electron chi connectivity index (χ0n) is 16.4. The Bertz CT molecular complexity index is 1100. The number of nitrogens with zero attached hydrogens (tertiary/aromatic N) is 2. The molecule has 2 amide bonds. The monoisotopic (exact) mass is 409 g/mol. The minimum atomic E-state index is -0.124. The van der Waals surface area contributed by atoms with Crippen LogP contribution in [0.4, 0.5) is 5.95 Å². The Morgan fingerprint density at radius 3 is 2.72 bits per heavy atom. The van der Waals surface area contributed by atoms with Gasteiger partial charge in [-0.2, -0.15) is 0 Å². The summed E-state index contributed by atoms with van der Waals surface area (Å²) < 4.78 is 0. The Labute approximate surface area is 172 Å². The van der Waals surface area contributed by atoms with Crippen LogP contribution < -0.4 is 16.4 Å². The molecule has 7 nitrogen and oxygen atoms in total. The van der Waals surface area contributed by atoms with Crippen LogP contribution in [0.2, 0.25) is 0 Å². The molecule has 0 aliphatic heterocycles. The summed E-state index contributed by atoms with van der Waals surface area (Å²) in [5.41, 5.74) is 8.92. The lowest BCUT2D eigenvalue weighted by atomic mass is 10.00. The van der Waals surface area contributed by atoms with E-state index in [1.54, 1.807) is 6.07 Å². The first-order valence-electron chi connectivity index (χ1n) is 9.73. The van der Waals surface area contributed by atoms with Gasteiger partial charge >= 0.3 is 0 Å². The molecule has 0 saturated heterocycles. The molecule has 4 N–H and O–H groups in total. The van der Waals surface area contributed by atoms with Gasteiger partial charge in [-0.1, -0.05) is 13.0 Å². The molecular weight excluding hydrogens is 386 g/mol. The molecule has 3 aromatic rings. The van der Waals surface area contributed by atoms with E-state index in [0.717, 1.165) is 35.8 Å². The molecular formula is C21H23N5O2S. The third kappa shape index (κ3) is 4.07. The largest absolute Gasteiger partial charge is 0.368 e. The highest BCUT2D eigenvalue weighted by atomic mass is 32.1. The molecule has 150 valence electrons. The van der Waals surface area contributed by atoms with Gasteiger partial charge in [-0.05, 0) is 49.9 Å². The number of thiophene rings is 1. The van der Waals surface area contributed by atoms with Crippen molar-refractivity contribution in [3.05, 3.63) is 40.3 Å². The molecule has 2 aromatic heterocycles. The summed E-state index contributed by atoms with van der Waals surface area (Å²) in [6.07, 6.45) is 2.93. The average Bonchev–Trinajstić information content (AvgIpc) is 3.41. The molecule has 1 aliphatic carbocycles. The predicted molar refractivity (Wildman–Crippen MR) is 115 cm³/mol. The van der Waals surface area contributed by atoms with Crippen LogP contribution in [0.15, 0.2) is 24.3 Å². The number of anilines is 1. The van der Waals surface area contributed by atoms with Gasteiger partial charge in [-0.25, -0.2) is 9.97 Å². The Morgan fingerprint density at radius 1 is 1.21 bits per heavy atom. The third-order valence-corrected chi connectivity index (χ3v) is 5.86. The van der Waals surface area contributed by atoms with E-state index < -0.39 is 0 Å². The first-order valence-corrected chi connectivity index (χ1v) is 10.5. The molecule has 29 heavy (non-hydrogen) atoms. The highest BCUT2D eigenvalue weighted by Crippen LogP contribution is 2.34. The lowest BCUT2D eigenvalue weighted by Gasteiger charge is -2.10. The van der Waals surface area contributed by atoms with E-state index in [1.165, 1.54) is 11.3 Å². The molecule has 0 atom stereocenters. The summed E-state index contributed by atoms with van der Waals surface area (Å²) in [7, 11) is 0. The quantitative estimate of drug-likeness (QED) is 0.579. The number of aromatic nitrogens is 2. The fourth-order valence-electron chi connectivity index (χ4n) is 3.10. The van der Waals surface area contributed by atoms with Crippen molar-refractivity contribution >= 4 is 39.3 Å². The number of nitrogen functional groups attached to an aromatic ring is 1. The average molecular weight is 410 g/mol. The molecule has 1 aliphatic rings. The lowest BCUT2D eigenvalue weighted by molar-refractivity contribution is 0.0946. The first-order chi connectivity index (χ1) is 14.0. The molecule has 0 spiro atoms. The van der Waals surface area contributed by atoms with Crippen LogP contribution in [0, 0.1) is 6.92 Å². The number of carbonyl (C=O) groups excluding carboxylic acids is 2. The van der Waals surface area contributed by atoms with Gasteiger partial charge in [-0.3, -0.25) is 9.59 Å². The van der Waals surface area contributed by atoms with Gasteiger partial charge in [0, 0.05) is 29.1 Å². The number of aryl methyl sites for hydroxylation is 1. The van der Waals surface area contributed by atoms with Crippen molar-refractivity contribution in [1.82, 2.24) is 20.6 Å². The second kappa shape index (κ2) is 7.79. The van der Waals surface area contributed by atoms with Crippen LogP contribution in [0.1, 0.15) is 51.8 Å². The first kappa shape index (κ1) is 19.3. The van der Waals surface area contributed by atoms with Gasteiger partial charge in [-0.15, -0.1) is 11.3 Å². The third-order valence-electron chi connectivity index (χ3n) is 4.84. The molecule has 0 radical (unpaired) electrons. The Kier molecular flexibility index (Phi) is 5.19. The van der Waals surface area contributed by atoms with E-state index in [-0.39, 0.29) is 23.8 Å². The SMILES string of the molecule is CCCNC(=O)c1ccc(C)c(-c2nc(N)nc3sc(C(=O)NC4CC4)cc23)c1. The minimum Gasteiger partial charge on any atom is -0.368 e. The van der Waals surface area contributed by atoms with E-state index in [1.807, 2.05) is 32.0 Å². The number of nitrogens with two attached hydrogens (primary N) is 1. The maximum absolute atomic E-state index is 12.5. The summed E-state index contributed by atoms with van der Waals surface area (Å²) in [5.74, 6) is -0.0747. The van der Waals surface area contributed by atoms with Gasteiger partial charge in [0.05, 0.1) is 10.6 Å². The van der Waals surface area contributed by atoms with E-state index >= 15 is 0 Å². The van der Waals surface area contributed by atoms with Gasteiger partial charge in [0.1, 0.15) is 4.83 Å². The van der Waals surface area contributed by atoms with Crippen molar-refractivity contribution in [2.75, 3.05) is 12.3 Å². The van der Waals surface area contributed by atoms with E-state index in [2.05, 4.69) is 20.6 Å². The fraction of sp³-hybridized carbons (Fsp3) is 0.333. The van der Waals surface area contributed by atoms with E-state index in [0.29, 0.717) is 27.5 Å². The van der Waals surface area contributed by atoms with Crippen molar-refractivity contribution in [2.24, 2.45) is 0 Å². The Morgan fingerprint density at radius 2 is 2.00 bits per heavy atom. The van der Waals surface area contributed by atoms with Gasteiger partial charge < -0.3 is 16.4 Å². The number of carbonyl (C=O) groups is 2. The summed E-state index contributed by atoms with van der Waals surface area (Å²) in [4.78, 5) is 34.9. The number of benzene rings is 1. The predicted octanol–water partition coefficient (Wildman–Crippen LogP) is 3.28. The molecule has 8 heteroatoms. The number of amides is 2. The summed E-state index contributed by atoms with van der Waals surface area (Å²) in [6, 6.07) is 7.61. The number of nitrogens with one attached hydrogen (secondary N) is 2. The van der Waals surface area contributed by atoms with Crippen molar-refractivity contribution in [2.45, 2.75) is 39.2 Å². The standard InChI is InChI=1S/C21H23N5O2S/c1-3-8-23-18(27)12-5-4-11(2)14(9-12)17-15-10-16(19(28)24-13-6-7-13)29-20(15)26-21(22)25-17/h4-5,9-10,13H,3,6-8H2,1-2H3,(H,23,27)(H,24,28)(H2,22,25,26). The van der Waals surface area contributed by atoms with Crippen LogP contribution >= 0.6 is 11.3 Å². The highest BCUT2D eigenvalue weighted by molar-refractivity contribution is 7.20. The summed E-state index contributed by atoms with van der Waals surface area (Å²) in [5, 5.41) is 6.65. The topological polar surface area (TPSA) is 110 Å². The van der Waals surface area contributed by atoms with Gasteiger partial charge in [0.2, 0.25) is 5.95 Å². The normalized spacial score (nSPS) is 13.4. The Hall–Kier alpha value is -3.00. The zero-order valence-corrected chi connectivity index (χ0v) is 17.2. The van der Waals surface area contributed by atoms with Crippen LogP contribution in [-0.2, 0) is 0 Å². The van der Waals surface area contributed by atoms with Gasteiger partial charge in [0.25, 0.3) is 11.8 Å². The fourth-order valence-corrected chi connectivity index (χ4v) is 4.04. The van der Waals surface area contributed by atoms with E-state index in [9.17, 15) is 9.59 Å². The van der Waals surface area contributed by atoms with Crippen LogP contribution in [0.3, 0.4) is 0 Å². The van der Waals surface area contributed by atoms with E-state index in [4.69, 9.17) is 5.73 Å². The summed E-state index contributed by atoms with van der Waals surface area (Å²) in [6.45, 7) is 4.59. The molecule has 4 rings (SSSR count). The van der Waals surface area contributed by atoms with Crippen molar-refractivity contribution in [3.63, 3.8) is 0 Å². The maximum Gasteiger partial charge on any atom is 0.261 e. The Balaban J connectivity index is 1.77. The number of hydrogen-bond donors (Lipinski definition) is 3. The molecule has 1 saturated carbocycles. The number of hydrogen-bond acceptors (Lipinski definition) is 6. The molecule has 0 bridgehead atoms. The van der Waals surface area contributed by atoms with Crippen LogP contribution in [-0.4, -0.2) is 34.4 Å². The number of rotatable bonds is 6. The van der Waals surface area contributed by atoms with Crippen molar-refractivity contribution in [3.8, 4) is 11.3 Å². The second-order valence-electron chi connectivity index (χ2n) is 7.29. The van der Waals surface area contributed by atoms with Crippen LogP contribution in [0.25, 0.3) is 21.5 Å². The lowest BCUT2D eigenvalue weighted by Crippen LogP contribution is -2.24.